The van der Waals surface area contributed by atoms with Crippen molar-refractivity contribution in [2.24, 2.45) is 4.99 Å². The Bertz CT molecular complexity index is 1250. The fourth-order valence-corrected chi connectivity index (χ4v) is 3.94. The average Bonchev–Trinajstić information content (AvgIpc) is 3.15. The highest BCUT2D eigenvalue weighted by atomic mass is 127. The van der Waals surface area contributed by atoms with E-state index < -0.39 is 5.97 Å². The van der Waals surface area contributed by atoms with Crippen LogP contribution in [0.5, 0.6) is 11.5 Å². The summed E-state index contributed by atoms with van der Waals surface area (Å²) in [6, 6.07) is 19.2. The second-order valence-electron chi connectivity index (χ2n) is 7.33. The molecule has 4 rings (SSSR count). The van der Waals surface area contributed by atoms with Gasteiger partial charge in [0.15, 0.2) is 17.2 Å². The van der Waals surface area contributed by atoms with Crippen LogP contribution < -0.4 is 9.47 Å². The lowest BCUT2D eigenvalue weighted by Gasteiger charge is -2.14. The van der Waals surface area contributed by atoms with E-state index in [1.54, 1.807) is 18.2 Å². The smallest absolute Gasteiger partial charge is 0.363 e. The molecule has 3 aromatic carbocycles. The summed E-state index contributed by atoms with van der Waals surface area (Å²) in [6.45, 7) is 4.62. The topological polar surface area (TPSA) is 57.1 Å². The number of hydrogen-bond acceptors (Lipinski definition) is 5. The lowest BCUT2D eigenvalue weighted by atomic mass is 10.1. The Morgan fingerprint density at radius 2 is 1.85 bits per heavy atom. The van der Waals surface area contributed by atoms with E-state index in [0.717, 1.165) is 20.3 Å². The monoisotopic (exact) mass is 573 g/mol. The fourth-order valence-electron chi connectivity index (χ4n) is 3.31. The van der Waals surface area contributed by atoms with E-state index in [4.69, 9.17) is 25.8 Å². The maximum Gasteiger partial charge on any atom is 0.363 e. The van der Waals surface area contributed by atoms with Gasteiger partial charge in [-0.25, -0.2) is 9.79 Å². The standard InChI is InChI=1S/C26H21ClINO4/c1-3-31-23-14-18(12-21(27)24(23)32-15-17-8-10-19(28)11-9-17)13-22-26(30)33-25(29-22)20-7-5-4-6-16(20)2/h4-14H,3,15H2,1-2H3/b22-13-. The minimum Gasteiger partial charge on any atom is -0.490 e. The van der Waals surface area contributed by atoms with Gasteiger partial charge in [-0.2, -0.15) is 0 Å². The molecule has 168 valence electrons. The Kier molecular flexibility index (Phi) is 7.35. The number of cyclic esters (lactones) is 1. The van der Waals surface area contributed by atoms with Crippen molar-refractivity contribution in [2.45, 2.75) is 20.5 Å². The maximum absolute atomic E-state index is 12.4. The van der Waals surface area contributed by atoms with Crippen LogP contribution in [-0.2, 0) is 16.1 Å². The van der Waals surface area contributed by atoms with Crippen molar-refractivity contribution in [1.82, 2.24) is 0 Å². The van der Waals surface area contributed by atoms with Crippen LogP contribution in [0.15, 0.2) is 71.4 Å². The van der Waals surface area contributed by atoms with Crippen LogP contribution in [0.2, 0.25) is 5.02 Å². The number of carbonyl (C=O) groups is 1. The molecule has 3 aromatic rings. The van der Waals surface area contributed by atoms with Crippen LogP contribution >= 0.6 is 34.2 Å². The molecule has 1 aliphatic rings. The van der Waals surface area contributed by atoms with Gasteiger partial charge in [0, 0.05) is 9.13 Å². The second kappa shape index (κ2) is 10.4. The number of esters is 1. The van der Waals surface area contributed by atoms with Crippen LogP contribution in [0.1, 0.15) is 29.2 Å². The number of hydrogen-bond donors (Lipinski definition) is 0. The number of aliphatic imine (C=N–C) groups is 1. The highest BCUT2D eigenvalue weighted by Gasteiger charge is 2.25. The lowest BCUT2D eigenvalue weighted by Crippen LogP contribution is -2.06. The second-order valence-corrected chi connectivity index (χ2v) is 8.98. The predicted octanol–water partition coefficient (Wildman–Crippen LogP) is 6.58. The minimum absolute atomic E-state index is 0.194. The molecule has 0 fully saturated rings. The van der Waals surface area contributed by atoms with Gasteiger partial charge >= 0.3 is 5.97 Å². The van der Waals surface area contributed by atoms with Crippen molar-refractivity contribution in [3.05, 3.63) is 97.2 Å². The summed E-state index contributed by atoms with van der Waals surface area (Å²) in [5.74, 6) is 0.730. The Labute approximate surface area is 211 Å². The number of benzene rings is 3. The van der Waals surface area contributed by atoms with Gasteiger partial charge < -0.3 is 14.2 Å². The molecule has 33 heavy (non-hydrogen) atoms. The summed E-state index contributed by atoms with van der Waals surface area (Å²) in [5, 5.41) is 0.382. The van der Waals surface area contributed by atoms with E-state index in [1.165, 1.54) is 0 Å². The summed E-state index contributed by atoms with van der Waals surface area (Å²) < 4.78 is 18.3. The van der Waals surface area contributed by atoms with E-state index in [0.29, 0.717) is 35.3 Å². The summed E-state index contributed by atoms with van der Waals surface area (Å²) in [6.07, 6.45) is 1.63. The fraction of sp³-hybridized carbons (Fsp3) is 0.154. The third kappa shape index (κ3) is 5.57. The molecular weight excluding hydrogens is 553 g/mol. The summed E-state index contributed by atoms with van der Waals surface area (Å²) >= 11 is 8.80. The number of nitrogens with zero attached hydrogens (tertiary/aromatic N) is 1. The Morgan fingerprint density at radius 1 is 1.09 bits per heavy atom. The molecule has 1 aliphatic heterocycles. The molecule has 0 saturated carbocycles. The number of halogens is 2. The van der Waals surface area contributed by atoms with Crippen LogP contribution in [0.25, 0.3) is 6.08 Å². The van der Waals surface area contributed by atoms with Gasteiger partial charge in [0.25, 0.3) is 0 Å². The molecule has 7 heteroatoms. The largest absolute Gasteiger partial charge is 0.490 e. The van der Waals surface area contributed by atoms with E-state index in [-0.39, 0.29) is 11.6 Å². The lowest BCUT2D eigenvalue weighted by molar-refractivity contribution is -0.129. The molecule has 0 N–H and O–H groups in total. The Hall–Kier alpha value is -2.84. The van der Waals surface area contributed by atoms with Crippen molar-refractivity contribution >= 4 is 52.1 Å². The third-order valence-corrected chi connectivity index (χ3v) is 5.93. The molecule has 1 heterocycles. The van der Waals surface area contributed by atoms with Gasteiger partial charge in [0.1, 0.15) is 6.61 Å². The summed E-state index contributed by atoms with van der Waals surface area (Å²) in [5.41, 5.74) is 3.63. The number of ether oxygens (including phenoxy) is 3. The summed E-state index contributed by atoms with van der Waals surface area (Å²) in [7, 11) is 0. The molecule has 0 bridgehead atoms. The molecular formula is C26H21ClINO4. The SMILES string of the molecule is CCOc1cc(/C=C2\N=C(c3ccccc3C)OC2=O)cc(Cl)c1OCc1ccc(I)cc1. The number of aryl methyl sites for hydroxylation is 1. The Balaban J connectivity index is 1.61. The van der Waals surface area contributed by atoms with Gasteiger partial charge in [-0.05, 0) is 89.5 Å². The average molecular weight is 574 g/mol. The molecule has 5 nitrogen and oxygen atoms in total. The van der Waals surface area contributed by atoms with E-state index in [1.807, 2.05) is 62.4 Å². The molecule has 0 spiro atoms. The zero-order valence-corrected chi connectivity index (χ0v) is 21.0. The zero-order valence-electron chi connectivity index (χ0n) is 18.1. The first-order chi connectivity index (χ1) is 15.9. The highest BCUT2D eigenvalue weighted by Crippen LogP contribution is 2.38. The van der Waals surface area contributed by atoms with Crippen molar-refractivity contribution < 1.29 is 19.0 Å². The quantitative estimate of drug-likeness (QED) is 0.182. The molecule has 0 unspecified atom stereocenters. The first-order valence-corrected chi connectivity index (χ1v) is 11.8. The third-order valence-electron chi connectivity index (χ3n) is 4.93. The summed E-state index contributed by atoms with van der Waals surface area (Å²) in [4.78, 5) is 16.8. The van der Waals surface area contributed by atoms with E-state index in [9.17, 15) is 4.79 Å². The van der Waals surface area contributed by atoms with Gasteiger partial charge in [0.05, 0.1) is 11.6 Å². The highest BCUT2D eigenvalue weighted by molar-refractivity contribution is 14.1. The minimum atomic E-state index is -0.513. The first-order valence-electron chi connectivity index (χ1n) is 10.4. The van der Waals surface area contributed by atoms with Crippen molar-refractivity contribution in [3.8, 4) is 11.5 Å². The van der Waals surface area contributed by atoms with Crippen molar-refractivity contribution in [2.75, 3.05) is 6.61 Å². The van der Waals surface area contributed by atoms with Gasteiger partial charge in [-0.3, -0.25) is 0 Å². The maximum atomic E-state index is 12.4. The van der Waals surface area contributed by atoms with Gasteiger partial charge in [-0.15, -0.1) is 0 Å². The van der Waals surface area contributed by atoms with Crippen LogP contribution in [0.3, 0.4) is 0 Å². The normalized spacial score (nSPS) is 14.2. The van der Waals surface area contributed by atoms with E-state index >= 15 is 0 Å². The molecule has 0 atom stereocenters. The molecule has 0 aromatic heterocycles. The van der Waals surface area contributed by atoms with Gasteiger partial charge in [0.2, 0.25) is 5.90 Å². The van der Waals surface area contributed by atoms with Gasteiger partial charge in [-0.1, -0.05) is 41.9 Å². The van der Waals surface area contributed by atoms with Crippen molar-refractivity contribution in [3.63, 3.8) is 0 Å². The first kappa shape index (κ1) is 23.3. The predicted molar refractivity (Wildman–Crippen MR) is 138 cm³/mol. The van der Waals surface area contributed by atoms with Crippen LogP contribution in [-0.4, -0.2) is 18.5 Å². The van der Waals surface area contributed by atoms with Crippen molar-refractivity contribution in [1.29, 1.82) is 0 Å². The molecule has 0 radical (unpaired) electrons. The number of rotatable bonds is 7. The van der Waals surface area contributed by atoms with Crippen LogP contribution in [0, 0.1) is 10.5 Å². The molecule has 0 aliphatic carbocycles. The van der Waals surface area contributed by atoms with Crippen LogP contribution in [0.4, 0.5) is 0 Å². The zero-order chi connectivity index (χ0) is 23.4. The molecule has 0 saturated heterocycles. The Morgan fingerprint density at radius 3 is 2.58 bits per heavy atom. The molecule has 0 amide bonds. The van der Waals surface area contributed by atoms with E-state index in [2.05, 4.69) is 27.6 Å². The number of carbonyl (C=O) groups excluding carboxylic acids is 1.